The number of likely N-dealkylation sites (N-methyl/N-ethyl adjacent to an activating group) is 1. The lowest BCUT2D eigenvalue weighted by Gasteiger charge is -2.17. The van der Waals surface area contributed by atoms with Gasteiger partial charge < -0.3 is 18.8 Å². The molecule has 7 nitrogen and oxygen atoms in total. The fraction of sp³-hybridized carbons (Fsp3) is 0.278. The van der Waals surface area contributed by atoms with Gasteiger partial charge in [0.15, 0.2) is 5.75 Å². The van der Waals surface area contributed by atoms with Crippen LogP contribution in [0.25, 0.3) is 11.0 Å². The van der Waals surface area contributed by atoms with Crippen molar-refractivity contribution in [3.8, 4) is 5.75 Å². The Bertz CT molecular complexity index is 974. The fourth-order valence-corrected chi connectivity index (χ4v) is 2.70. The van der Waals surface area contributed by atoms with Crippen LogP contribution in [-0.4, -0.2) is 39.1 Å². The maximum Gasteiger partial charge on any atom is 0.293 e. The van der Waals surface area contributed by atoms with Crippen molar-refractivity contribution in [1.29, 1.82) is 0 Å². The van der Waals surface area contributed by atoms with Gasteiger partial charge in [0.25, 0.3) is 5.56 Å². The molecule has 0 fully saturated rings. The van der Waals surface area contributed by atoms with E-state index in [1.165, 1.54) is 11.7 Å². The number of rotatable bonds is 5. The van der Waals surface area contributed by atoms with Crippen LogP contribution in [0, 0.1) is 0 Å². The van der Waals surface area contributed by atoms with Crippen LogP contribution in [0.3, 0.4) is 0 Å². The molecule has 0 saturated heterocycles. The van der Waals surface area contributed by atoms with Crippen molar-refractivity contribution in [2.75, 3.05) is 14.2 Å². The van der Waals surface area contributed by atoms with E-state index >= 15 is 0 Å². The highest BCUT2D eigenvalue weighted by molar-refractivity contribution is 5.77. The molecule has 3 aromatic rings. The SMILES string of the molecule is COc1cccn(CC(=O)N(C)Cc2nc3ccccc3n2C)c1=O. The van der Waals surface area contributed by atoms with Crippen molar-refractivity contribution in [1.82, 2.24) is 19.0 Å². The quantitative estimate of drug-likeness (QED) is 0.704. The predicted molar refractivity (Wildman–Crippen MR) is 94.4 cm³/mol. The molecule has 25 heavy (non-hydrogen) atoms. The number of imidazole rings is 1. The molecule has 0 saturated carbocycles. The Morgan fingerprint density at radius 2 is 2.00 bits per heavy atom. The molecule has 0 aliphatic carbocycles. The van der Waals surface area contributed by atoms with Crippen LogP contribution < -0.4 is 10.3 Å². The number of carbonyl (C=O) groups excluding carboxylic acids is 1. The van der Waals surface area contributed by atoms with E-state index < -0.39 is 0 Å². The summed E-state index contributed by atoms with van der Waals surface area (Å²) in [7, 11) is 5.06. The van der Waals surface area contributed by atoms with Crippen molar-refractivity contribution in [3.63, 3.8) is 0 Å². The van der Waals surface area contributed by atoms with Crippen LogP contribution in [0.1, 0.15) is 5.82 Å². The summed E-state index contributed by atoms with van der Waals surface area (Å²) >= 11 is 0. The van der Waals surface area contributed by atoms with E-state index in [1.807, 2.05) is 35.9 Å². The maximum atomic E-state index is 12.5. The lowest BCUT2D eigenvalue weighted by atomic mass is 10.3. The van der Waals surface area contributed by atoms with Crippen molar-refractivity contribution in [3.05, 3.63) is 58.8 Å². The Labute approximate surface area is 145 Å². The molecule has 0 bridgehead atoms. The third-order valence-corrected chi connectivity index (χ3v) is 4.19. The molecule has 1 aromatic carbocycles. The van der Waals surface area contributed by atoms with E-state index in [9.17, 15) is 9.59 Å². The molecule has 2 aromatic heterocycles. The molecular formula is C18H20N4O3. The van der Waals surface area contributed by atoms with E-state index in [-0.39, 0.29) is 23.8 Å². The minimum atomic E-state index is -0.325. The van der Waals surface area contributed by atoms with Gasteiger partial charge in [-0.3, -0.25) is 9.59 Å². The number of fused-ring (bicyclic) bond motifs is 1. The largest absolute Gasteiger partial charge is 0.491 e. The first-order valence-electron chi connectivity index (χ1n) is 7.89. The molecule has 7 heteroatoms. The van der Waals surface area contributed by atoms with E-state index in [0.717, 1.165) is 16.9 Å². The first-order valence-corrected chi connectivity index (χ1v) is 7.89. The van der Waals surface area contributed by atoms with E-state index in [2.05, 4.69) is 4.98 Å². The molecule has 0 aliphatic rings. The maximum absolute atomic E-state index is 12.5. The zero-order valence-electron chi connectivity index (χ0n) is 14.5. The van der Waals surface area contributed by atoms with Crippen LogP contribution in [0.2, 0.25) is 0 Å². The second kappa shape index (κ2) is 6.80. The molecule has 0 radical (unpaired) electrons. The van der Waals surface area contributed by atoms with Gasteiger partial charge in [0.1, 0.15) is 12.4 Å². The highest BCUT2D eigenvalue weighted by Gasteiger charge is 2.15. The number of nitrogens with zero attached hydrogens (tertiary/aromatic N) is 4. The van der Waals surface area contributed by atoms with Crippen molar-refractivity contribution in [2.45, 2.75) is 13.1 Å². The van der Waals surface area contributed by atoms with Gasteiger partial charge in [0, 0.05) is 20.3 Å². The molecule has 0 atom stereocenters. The first-order chi connectivity index (χ1) is 12.0. The molecule has 3 rings (SSSR count). The number of methoxy groups -OCH3 is 1. The average molecular weight is 340 g/mol. The predicted octanol–water partition coefficient (Wildman–Crippen LogP) is 1.40. The van der Waals surface area contributed by atoms with Gasteiger partial charge in [0.2, 0.25) is 5.91 Å². The molecule has 2 heterocycles. The van der Waals surface area contributed by atoms with Gasteiger partial charge in [-0.2, -0.15) is 0 Å². The number of para-hydroxylation sites is 2. The Hall–Kier alpha value is -3.09. The summed E-state index contributed by atoms with van der Waals surface area (Å²) in [6.45, 7) is 0.319. The van der Waals surface area contributed by atoms with Gasteiger partial charge in [-0.05, 0) is 24.3 Å². The van der Waals surface area contributed by atoms with E-state index in [1.54, 1.807) is 30.3 Å². The lowest BCUT2D eigenvalue weighted by Crippen LogP contribution is -2.34. The lowest BCUT2D eigenvalue weighted by molar-refractivity contribution is -0.131. The van der Waals surface area contributed by atoms with E-state index in [0.29, 0.717) is 6.54 Å². The molecule has 130 valence electrons. The summed E-state index contributed by atoms with van der Waals surface area (Å²) in [6.07, 6.45) is 1.58. The number of aromatic nitrogens is 3. The summed E-state index contributed by atoms with van der Waals surface area (Å²) in [5.41, 5.74) is 1.58. The fourth-order valence-electron chi connectivity index (χ4n) is 2.70. The summed E-state index contributed by atoms with van der Waals surface area (Å²) in [6, 6.07) is 11.1. The molecule has 0 N–H and O–H groups in total. The Kier molecular flexibility index (Phi) is 4.56. The molecule has 0 unspecified atom stereocenters. The van der Waals surface area contributed by atoms with Gasteiger partial charge >= 0.3 is 0 Å². The Morgan fingerprint density at radius 1 is 1.24 bits per heavy atom. The van der Waals surface area contributed by atoms with Gasteiger partial charge in [-0.1, -0.05) is 12.1 Å². The second-order valence-electron chi connectivity index (χ2n) is 5.84. The smallest absolute Gasteiger partial charge is 0.293 e. The number of aryl methyl sites for hydroxylation is 1. The Morgan fingerprint density at radius 3 is 2.72 bits per heavy atom. The van der Waals surface area contributed by atoms with E-state index in [4.69, 9.17) is 4.74 Å². The summed E-state index contributed by atoms with van der Waals surface area (Å²) in [5.74, 6) is 0.825. The topological polar surface area (TPSA) is 69.4 Å². The van der Waals surface area contributed by atoms with Gasteiger partial charge in [-0.25, -0.2) is 4.98 Å². The molecule has 0 aliphatic heterocycles. The first kappa shape index (κ1) is 16.8. The number of hydrogen-bond donors (Lipinski definition) is 0. The summed E-state index contributed by atoms with van der Waals surface area (Å²) in [5, 5.41) is 0. The highest BCUT2D eigenvalue weighted by atomic mass is 16.5. The average Bonchev–Trinajstić information content (AvgIpc) is 2.93. The molecule has 1 amide bonds. The zero-order valence-corrected chi connectivity index (χ0v) is 14.5. The number of ether oxygens (including phenoxy) is 1. The van der Waals surface area contributed by atoms with Crippen LogP contribution in [-0.2, 0) is 24.9 Å². The third-order valence-electron chi connectivity index (χ3n) is 4.19. The normalized spacial score (nSPS) is 10.8. The minimum Gasteiger partial charge on any atom is -0.491 e. The van der Waals surface area contributed by atoms with Crippen LogP contribution in [0.5, 0.6) is 5.75 Å². The van der Waals surface area contributed by atoms with Crippen molar-refractivity contribution >= 4 is 16.9 Å². The molecule has 0 spiro atoms. The molecular weight excluding hydrogens is 320 g/mol. The number of hydrogen-bond acceptors (Lipinski definition) is 4. The van der Waals surface area contributed by atoms with Gasteiger partial charge in [-0.15, -0.1) is 0 Å². The number of pyridine rings is 1. The highest BCUT2D eigenvalue weighted by Crippen LogP contribution is 2.15. The number of benzene rings is 1. The summed E-state index contributed by atoms with van der Waals surface area (Å²) < 4.78 is 8.31. The van der Waals surface area contributed by atoms with Crippen LogP contribution in [0.15, 0.2) is 47.4 Å². The monoisotopic (exact) mass is 340 g/mol. The van der Waals surface area contributed by atoms with Crippen molar-refractivity contribution in [2.24, 2.45) is 7.05 Å². The number of amides is 1. The number of carbonyl (C=O) groups is 1. The minimum absolute atomic E-state index is 0.0452. The van der Waals surface area contributed by atoms with Crippen LogP contribution in [0.4, 0.5) is 0 Å². The Balaban J connectivity index is 1.76. The van der Waals surface area contributed by atoms with Crippen molar-refractivity contribution < 1.29 is 9.53 Å². The second-order valence-corrected chi connectivity index (χ2v) is 5.84. The standard InChI is InChI=1S/C18H20N4O3/c1-20(11-16-19-13-7-4-5-8-14(13)21(16)2)17(23)12-22-10-6-9-15(25-3)18(22)24/h4-10H,11-12H2,1-3H3. The zero-order chi connectivity index (χ0) is 18.0. The third kappa shape index (κ3) is 3.26. The summed E-state index contributed by atoms with van der Waals surface area (Å²) in [4.78, 5) is 30.8. The van der Waals surface area contributed by atoms with Crippen LogP contribution >= 0.6 is 0 Å². The van der Waals surface area contributed by atoms with Gasteiger partial charge in [0.05, 0.1) is 24.7 Å².